The van der Waals surface area contributed by atoms with Gasteiger partial charge in [-0.2, -0.15) is 13.2 Å². The highest BCUT2D eigenvalue weighted by Gasteiger charge is 2.35. The maximum atomic E-state index is 14.1. The average molecular weight is 659 g/mol. The molecule has 0 aliphatic carbocycles. The number of nitrogens with one attached hydrogen (secondary N) is 1. The number of nitrogens with zero attached hydrogens (tertiary/aromatic N) is 2. The van der Waals surface area contributed by atoms with Gasteiger partial charge in [-0.3, -0.25) is 13.9 Å². The summed E-state index contributed by atoms with van der Waals surface area (Å²) in [5.41, 5.74) is -0.406. The molecule has 0 saturated heterocycles. The van der Waals surface area contributed by atoms with Gasteiger partial charge in [0.05, 0.1) is 17.5 Å². The highest BCUT2D eigenvalue weighted by atomic mass is 35.5. The van der Waals surface area contributed by atoms with E-state index in [1.54, 1.807) is 55.5 Å². The first-order valence-electron chi connectivity index (χ1n) is 13.3. The summed E-state index contributed by atoms with van der Waals surface area (Å²) in [7, 11) is -4.26. The number of hydrogen-bond donors (Lipinski definition) is 1. The third-order valence-electron chi connectivity index (χ3n) is 6.80. The smallest absolute Gasteiger partial charge is 0.352 e. The SMILES string of the molecule is CC[C@H](C)NC(=O)[C@@H](Cc1ccccc1)N(Cc1c(Cl)cccc1Cl)C(=O)CN(c1cccc(C(F)(F)F)c1)S(C)(=O)=O. The Labute approximate surface area is 259 Å². The van der Waals surface area contributed by atoms with Crippen molar-refractivity contribution in [2.75, 3.05) is 17.1 Å². The summed E-state index contributed by atoms with van der Waals surface area (Å²) in [6, 6.07) is 15.9. The van der Waals surface area contributed by atoms with Crippen LogP contribution in [0.2, 0.25) is 10.0 Å². The van der Waals surface area contributed by atoms with Crippen molar-refractivity contribution in [3.63, 3.8) is 0 Å². The fourth-order valence-electron chi connectivity index (χ4n) is 4.30. The molecule has 3 aromatic rings. The average Bonchev–Trinajstić information content (AvgIpc) is 2.94. The van der Waals surface area contributed by atoms with Crippen LogP contribution in [0.25, 0.3) is 0 Å². The first-order chi connectivity index (χ1) is 20.1. The summed E-state index contributed by atoms with van der Waals surface area (Å²) in [6.07, 6.45) is -3.30. The molecule has 0 spiro atoms. The molecule has 232 valence electrons. The quantitative estimate of drug-likeness (QED) is 0.247. The number of carbonyl (C=O) groups is 2. The highest BCUT2D eigenvalue weighted by Crippen LogP contribution is 2.33. The molecular formula is C30H32Cl2F3N3O4S. The van der Waals surface area contributed by atoms with Gasteiger partial charge in [0.2, 0.25) is 21.8 Å². The van der Waals surface area contributed by atoms with E-state index >= 15 is 0 Å². The second-order valence-electron chi connectivity index (χ2n) is 10.1. The molecule has 3 rings (SSSR count). The number of halogens is 5. The van der Waals surface area contributed by atoms with Crippen LogP contribution in [0.4, 0.5) is 18.9 Å². The molecule has 0 radical (unpaired) electrons. The molecule has 0 saturated carbocycles. The van der Waals surface area contributed by atoms with Crippen molar-refractivity contribution in [1.82, 2.24) is 10.2 Å². The summed E-state index contributed by atoms with van der Waals surface area (Å²) in [5, 5.41) is 3.31. The van der Waals surface area contributed by atoms with Gasteiger partial charge in [0.25, 0.3) is 0 Å². The van der Waals surface area contributed by atoms with Gasteiger partial charge < -0.3 is 10.2 Å². The monoisotopic (exact) mass is 657 g/mol. The van der Waals surface area contributed by atoms with E-state index in [1.807, 2.05) is 6.92 Å². The first kappa shape index (κ1) is 34.2. The fourth-order valence-corrected chi connectivity index (χ4v) is 5.66. The summed E-state index contributed by atoms with van der Waals surface area (Å²) in [5.74, 6) is -1.35. The Bertz CT molecular complexity index is 1520. The normalized spacial score (nSPS) is 13.2. The number of carbonyl (C=O) groups excluding carboxylic acids is 2. The fraction of sp³-hybridized carbons (Fsp3) is 0.333. The van der Waals surface area contributed by atoms with E-state index in [0.717, 1.165) is 24.5 Å². The number of alkyl halides is 3. The molecule has 7 nitrogen and oxygen atoms in total. The third kappa shape index (κ3) is 9.35. The van der Waals surface area contributed by atoms with E-state index in [2.05, 4.69) is 5.32 Å². The zero-order valence-corrected chi connectivity index (χ0v) is 26.1. The van der Waals surface area contributed by atoms with E-state index < -0.39 is 46.2 Å². The van der Waals surface area contributed by atoms with E-state index in [-0.39, 0.29) is 34.7 Å². The second kappa shape index (κ2) is 14.5. The Hall–Kier alpha value is -3.28. The van der Waals surface area contributed by atoms with E-state index in [9.17, 15) is 31.2 Å². The van der Waals surface area contributed by atoms with Crippen molar-refractivity contribution in [3.05, 3.63) is 99.5 Å². The summed E-state index contributed by atoms with van der Waals surface area (Å²) < 4.78 is 66.7. The lowest BCUT2D eigenvalue weighted by atomic mass is 10.0. The molecule has 13 heteroatoms. The predicted molar refractivity (Wildman–Crippen MR) is 162 cm³/mol. The van der Waals surface area contributed by atoms with Crippen LogP contribution < -0.4 is 9.62 Å². The van der Waals surface area contributed by atoms with Gasteiger partial charge >= 0.3 is 6.18 Å². The van der Waals surface area contributed by atoms with Crippen LogP contribution in [0.5, 0.6) is 0 Å². The Balaban J connectivity index is 2.13. The van der Waals surface area contributed by atoms with Crippen molar-refractivity contribution < 1.29 is 31.2 Å². The van der Waals surface area contributed by atoms with Crippen LogP contribution in [0.15, 0.2) is 72.8 Å². The number of sulfonamides is 1. The van der Waals surface area contributed by atoms with Gasteiger partial charge in [-0.1, -0.05) is 72.6 Å². The van der Waals surface area contributed by atoms with Gasteiger partial charge in [0.1, 0.15) is 12.6 Å². The minimum atomic E-state index is -4.75. The second-order valence-corrected chi connectivity index (χ2v) is 12.8. The molecule has 0 aliphatic rings. The topological polar surface area (TPSA) is 86.8 Å². The Kier molecular flexibility index (Phi) is 11.5. The molecule has 0 aromatic heterocycles. The molecule has 2 amide bonds. The maximum Gasteiger partial charge on any atom is 0.416 e. The van der Waals surface area contributed by atoms with Crippen LogP contribution in [0.3, 0.4) is 0 Å². The van der Waals surface area contributed by atoms with Gasteiger partial charge in [-0.05, 0) is 49.2 Å². The number of amides is 2. The maximum absolute atomic E-state index is 14.1. The van der Waals surface area contributed by atoms with Crippen LogP contribution in [-0.2, 0) is 38.8 Å². The largest absolute Gasteiger partial charge is 0.416 e. The zero-order valence-electron chi connectivity index (χ0n) is 23.7. The van der Waals surface area contributed by atoms with E-state index in [4.69, 9.17) is 23.2 Å². The lowest BCUT2D eigenvalue weighted by molar-refractivity contribution is -0.140. The lowest BCUT2D eigenvalue weighted by Crippen LogP contribution is -2.54. The van der Waals surface area contributed by atoms with Crippen LogP contribution in [0, 0.1) is 0 Å². The standard InChI is InChI=1S/C30H32Cl2F3N3O4S/c1-4-20(2)36-29(40)27(16-21-10-6-5-7-11-21)37(18-24-25(31)14-9-15-26(24)32)28(39)19-38(43(3,41)42)23-13-8-12-22(17-23)30(33,34)35/h5-15,17,20,27H,4,16,18-19H2,1-3H3,(H,36,40)/t20-,27+/m0/s1. The van der Waals surface area contributed by atoms with E-state index in [0.29, 0.717) is 27.9 Å². The molecule has 0 heterocycles. The molecule has 1 N–H and O–H groups in total. The van der Waals surface area contributed by atoms with Crippen LogP contribution >= 0.6 is 23.2 Å². The van der Waals surface area contributed by atoms with Gasteiger partial charge in [0, 0.05) is 34.6 Å². The molecule has 0 bridgehead atoms. The zero-order chi connectivity index (χ0) is 31.9. The number of benzene rings is 3. The molecular weight excluding hydrogens is 626 g/mol. The minimum Gasteiger partial charge on any atom is -0.352 e. The Morgan fingerprint density at radius 3 is 2.12 bits per heavy atom. The van der Waals surface area contributed by atoms with Gasteiger partial charge in [-0.25, -0.2) is 8.42 Å². The Morgan fingerprint density at radius 2 is 1.56 bits per heavy atom. The van der Waals surface area contributed by atoms with Crippen LogP contribution in [0.1, 0.15) is 37.0 Å². The summed E-state index contributed by atoms with van der Waals surface area (Å²) >= 11 is 12.9. The summed E-state index contributed by atoms with van der Waals surface area (Å²) in [4.78, 5) is 29.0. The van der Waals surface area contributed by atoms with Gasteiger partial charge in [-0.15, -0.1) is 0 Å². The molecule has 0 fully saturated rings. The number of rotatable bonds is 12. The van der Waals surface area contributed by atoms with E-state index in [1.165, 1.54) is 4.90 Å². The van der Waals surface area contributed by atoms with Crippen molar-refractivity contribution in [3.8, 4) is 0 Å². The number of hydrogen-bond acceptors (Lipinski definition) is 4. The van der Waals surface area contributed by atoms with Crippen molar-refractivity contribution in [1.29, 1.82) is 0 Å². The predicted octanol–water partition coefficient (Wildman–Crippen LogP) is 6.33. The third-order valence-corrected chi connectivity index (χ3v) is 8.65. The molecule has 2 atom stereocenters. The summed E-state index contributed by atoms with van der Waals surface area (Å²) in [6.45, 7) is 2.52. The minimum absolute atomic E-state index is 0.0549. The lowest BCUT2D eigenvalue weighted by Gasteiger charge is -2.34. The molecule has 0 unspecified atom stereocenters. The van der Waals surface area contributed by atoms with Crippen LogP contribution in [-0.4, -0.2) is 50.0 Å². The molecule has 0 aliphatic heterocycles. The highest BCUT2D eigenvalue weighted by molar-refractivity contribution is 7.92. The number of anilines is 1. The molecule has 43 heavy (non-hydrogen) atoms. The molecule has 3 aromatic carbocycles. The van der Waals surface area contributed by atoms with Crippen molar-refractivity contribution >= 4 is 50.7 Å². The van der Waals surface area contributed by atoms with Gasteiger partial charge in [0.15, 0.2) is 0 Å². The Morgan fingerprint density at radius 1 is 0.953 bits per heavy atom. The first-order valence-corrected chi connectivity index (χ1v) is 15.9. The van der Waals surface area contributed by atoms with Crippen molar-refractivity contribution in [2.45, 2.75) is 51.5 Å². The van der Waals surface area contributed by atoms with Crippen molar-refractivity contribution in [2.24, 2.45) is 0 Å².